The van der Waals surface area contributed by atoms with E-state index in [4.69, 9.17) is 16.3 Å². The molecule has 0 saturated heterocycles. The van der Waals surface area contributed by atoms with Crippen LogP contribution in [0, 0.1) is 0 Å². The van der Waals surface area contributed by atoms with Gasteiger partial charge < -0.3 is 15.4 Å². The third-order valence-electron chi connectivity index (χ3n) is 3.91. The van der Waals surface area contributed by atoms with E-state index < -0.39 is 0 Å². The average Bonchev–Trinajstić information content (AvgIpc) is 2.70. The molecule has 0 aliphatic rings. The van der Waals surface area contributed by atoms with Crippen molar-refractivity contribution in [1.29, 1.82) is 0 Å². The number of benzene rings is 3. The van der Waals surface area contributed by atoms with Gasteiger partial charge in [-0.1, -0.05) is 54.1 Å². The SMILES string of the molecule is O=C(CNCc1ccc(Cl)cc1)Nc1ccc(OCc2ccccc2)cc1. The Morgan fingerprint density at radius 2 is 1.56 bits per heavy atom. The van der Waals surface area contributed by atoms with Crippen molar-refractivity contribution in [2.75, 3.05) is 11.9 Å². The maximum absolute atomic E-state index is 12.0. The highest BCUT2D eigenvalue weighted by molar-refractivity contribution is 6.30. The number of hydrogen-bond donors (Lipinski definition) is 2. The zero-order valence-electron chi connectivity index (χ0n) is 14.8. The van der Waals surface area contributed by atoms with Crippen LogP contribution < -0.4 is 15.4 Å². The number of carbonyl (C=O) groups is 1. The van der Waals surface area contributed by atoms with Crippen LogP contribution in [0.25, 0.3) is 0 Å². The van der Waals surface area contributed by atoms with Crippen molar-refractivity contribution in [3.05, 3.63) is 95.0 Å². The Balaban J connectivity index is 1.40. The van der Waals surface area contributed by atoms with Crippen LogP contribution in [0.15, 0.2) is 78.9 Å². The van der Waals surface area contributed by atoms with E-state index in [9.17, 15) is 4.79 Å². The maximum Gasteiger partial charge on any atom is 0.238 e. The van der Waals surface area contributed by atoms with Gasteiger partial charge in [0.15, 0.2) is 0 Å². The standard InChI is InChI=1S/C22H21ClN2O2/c23-19-8-6-17(7-9-19)14-24-15-22(26)25-20-10-12-21(13-11-20)27-16-18-4-2-1-3-5-18/h1-13,24H,14-16H2,(H,25,26). The summed E-state index contributed by atoms with van der Waals surface area (Å²) in [6.07, 6.45) is 0. The van der Waals surface area contributed by atoms with Crippen LogP contribution in [0.2, 0.25) is 5.02 Å². The largest absolute Gasteiger partial charge is 0.489 e. The number of nitrogens with one attached hydrogen (secondary N) is 2. The molecule has 3 rings (SSSR count). The van der Waals surface area contributed by atoms with Crippen LogP contribution in [-0.2, 0) is 17.9 Å². The average molecular weight is 381 g/mol. The Hall–Kier alpha value is -2.82. The summed E-state index contributed by atoms with van der Waals surface area (Å²) < 4.78 is 5.74. The summed E-state index contributed by atoms with van der Waals surface area (Å²) in [4.78, 5) is 12.0. The van der Waals surface area contributed by atoms with Crippen LogP contribution in [0.5, 0.6) is 5.75 Å². The van der Waals surface area contributed by atoms with Crippen LogP contribution in [0.4, 0.5) is 5.69 Å². The molecule has 138 valence electrons. The predicted molar refractivity (Wildman–Crippen MR) is 109 cm³/mol. The molecule has 0 aliphatic carbocycles. The zero-order valence-corrected chi connectivity index (χ0v) is 15.6. The second-order valence-electron chi connectivity index (χ2n) is 6.08. The molecule has 4 nitrogen and oxygen atoms in total. The molecule has 0 aromatic heterocycles. The molecule has 0 heterocycles. The molecular weight excluding hydrogens is 360 g/mol. The molecule has 0 atom stereocenters. The van der Waals surface area contributed by atoms with Gasteiger partial charge in [-0.3, -0.25) is 4.79 Å². The fourth-order valence-corrected chi connectivity index (χ4v) is 2.63. The van der Waals surface area contributed by atoms with Gasteiger partial charge in [-0.25, -0.2) is 0 Å². The molecule has 3 aromatic rings. The first-order valence-corrected chi connectivity index (χ1v) is 9.09. The summed E-state index contributed by atoms with van der Waals surface area (Å²) in [5, 5.41) is 6.67. The summed E-state index contributed by atoms with van der Waals surface area (Å²) in [7, 11) is 0. The molecule has 0 fully saturated rings. The molecule has 0 aliphatic heterocycles. The van der Waals surface area contributed by atoms with E-state index >= 15 is 0 Å². The van der Waals surface area contributed by atoms with Crippen LogP contribution >= 0.6 is 11.6 Å². The molecule has 5 heteroatoms. The highest BCUT2D eigenvalue weighted by atomic mass is 35.5. The fourth-order valence-electron chi connectivity index (χ4n) is 2.50. The smallest absolute Gasteiger partial charge is 0.238 e. The highest BCUT2D eigenvalue weighted by Gasteiger charge is 2.03. The molecule has 1 amide bonds. The third-order valence-corrected chi connectivity index (χ3v) is 4.17. The molecule has 3 aromatic carbocycles. The zero-order chi connectivity index (χ0) is 18.9. The van der Waals surface area contributed by atoms with Gasteiger partial charge in [0.25, 0.3) is 0 Å². The van der Waals surface area contributed by atoms with Crippen LogP contribution in [0.3, 0.4) is 0 Å². The Morgan fingerprint density at radius 1 is 0.852 bits per heavy atom. The first-order chi connectivity index (χ1) is 13.2. The summed E-state index contributed by atoms with van der Waals surface area (Å²) in [5.74, 6) is 0.666. The Bertz CT molecular complexity index is 850. The van der Waals surface area contributed by atoms with Gasteiger partial charge >= 0.3 is 0 Å². The molecule has 27 heavy (non-hydrogen) atoms. The summed E-state index contributed by atoms with van der Waals surface area (Å²) in [6.45, 7) is 1.35. The van der Waals surface area contributed by atoms with Gasteiger partial charge in [-0.15, -0.1) is 0 Å². The molecule has 2 N–H and O–H groups in total. The van der Waals surface area contributed by atoms with Crippen LogP contribution in [0.1, 0.15) is 11.1 Å². The summed E-state index contributed by atoms with van der Waals surface area (Å²) in [6, 6.07) is 24.9. The van der Waals surface area contributed by atoms with E-state index in [1.165, 1.54) is 0 Å². The van der Waals surface area contributed by atoms with E-state index in [1.54, 1.807) is 0 Å². The fraction of sp³-hybridized carbons (Fsp3) is 0.136. The monoisotopic (exact) mass is 380 g/mol. The first-order valence-electron chi connectivity index (χ1n) is 8.71. The predicted octanol–water partition coefficient (Wildman–Crippen LogP) is 4.65. The van der Waals surface area contributed by atoms with Crippen molar-refractivity contribution in [2.45, 2.75) is 13.2 Å². The van der Waals surface area contributed by atoms with Crippen LogP contribution in [-0.4, -0.2) is 12.5 Å². The number of hydrogen-bond acceptors (Lipinski definition) is 3. The van der Waals surface area contributed by atoms with Gasteiger partial charge in [0.1, 0.15) is 12.4 Å². The van der Waals surface area contributed by atoms with Crippen molar-refractivity contribution < 1.29 is 9.53 Å². The molecular formula is C22H21ClN2O2. The molecule has 0 spiro atoms. The minimum Gasteiger partial charge on any atom is -0.489 e. The summed E-state index contributed by atoms with van der Waals surface area (Å²) >= 11 is 5.85. The normalized spacial score (nSPS) is 10.4. The van der Waals surface area contributed by atoms with Crippen molar-refractivity contribution in [2.24, 2.45) is 0 Å². The Labute approximate surface area is 164 Å². The highest BCUT2D eigenvalue weighted by Crippen LogP contribution is 2.17. The number of amides is 1. The van der Waals surface area contributed by atoms with Gasteiger partial charge in [0, 0.05) is 17.3 Å². The van der Waals surface area contributed by atoms with Crippen molar-refractivity contribution in [3.8, 4) is 5.75 Å². The first kappa shape index (κ1) is 19.0. The number of rotatable bonds is 8. The van der Waals surface area contributed by atoms with E-state index in [1.807, 2.05) is 78.9 Å². The maximum atomic E-state index is 12.0. The molecule has 0 saturated carbocycles. The lowest BCUT2D eigenvalue weighted by atomic mass is 10.2. The Kier molecular flexibility index (Phi) is 6.85. The molecule has 0 bridgehead atoms. The van der Waals surface area contributed by atoms with E-state index in [-0.39, 0.29) is 12.5 Å². The lowest BCUT2D eigenvalue weighted by Gasteiger charge is -2.09. The Morgan fingerprint density at radius 3 is 2.26 bits per heavy atom. The quantitative estimate of drug-likeness (QED) is 0.598. The van der Waals surface area contributed by atoms with E-state index in [2.05, 4.69) is 10.6 Å². The number of ether oxygens (including phenoxy) is 1. The van der Waals surface area contributed by atoms with Gasteiger partial charge in [0.2, 0.25) is 5.91 Å². The second kappa shape index (κ2) is 9.76. The summed E-state index contributed by atoms with van der Waals surface area (Å²) in [5.41, 5.74) is 2.93. The van der Waals surface area contributed by atoms with Crippen molar-refractivity contribution in [1.82, 2.24) is 5.32 Å². The molecule has 0 radical (unpaired) electrons. The van der Waals surface area contributed by atoms with Gasteiger partial charge in [-0.2, -0.15) is 0 Å². The number of anilines is 1. The van der Waals surface area contributed by atoms with Crippen molar-refractivity contribution >= 4 is 23.2 Å². The second-order valence-corrected chi connectivity index (χ2v) is 6.51. The lowest BCUT2D eigenvalue weighted by Crippen LogP contribution is -2.27. The van der Waals surface area contributed by atoms with E-state index in [0.717, 1.165) is 22.6 Å². The van der Waals surface area contributed by atoms with E-state index in [0.29, 0.717) is 18.2 Å². The number of halogens is 1. The topological polar surface area (TPSA) is 50.4 Å². The number of carbonyl (C=O) groups excluding carboxylic acids is 1. The molecule has 0 unspecified atom stereocenters. The third kappa shape index (κ3) is 6.44. The lowest BCUT2D eigenvalue weighted by molar-refractivity contribution is -0.115. The minimum absolute atomic E-state index is 0.0954. The van der Waals surface area contributed by atoms with Gasteiger partial charge in [-0.05, 0) is 47.5 Å². The van der Waals surface area contributed by atoms with Crippen molar-refractivity contribution in [3.63, 3.8) is 0 Å². The van der Waals surface area contributed by atoms with Gasteiger partial charge in [0.05, 0.1) is 6.54 Å². The minimum atomic E-state index is -0.0954.